The Kier molecular flexibility index (Phi) is 7.70. The van der Waals surface area contributed by atoms with Crippen molar-refractivity contribution >= 4 is 45.8 Å². The number of alkyl halides is 3. The molecule has 222 valence electrons. The van der Waals surface area contributed by atoms with Crippen LogP contribution in [0, 0.1) is 0 Å². The molecule has 0 radical (unpaired) electrons. The molecule has 6 aromatic rings. The Morgan fingerprint density at radius 1 is 1.02 bits per heavy atom. The largest absolute Gasteiger partial charge is 0.443 e. The summed E-state index contributed by atoms with van der Waals surface area (Å²) in [7, 11) is 1.53. The summed E-state index contributed by atoms with van der Waals surface area (Å²) in [6.45, 7) is 0.477. The number of halogens is 3. The van der Waals surface area contributed by atoms with Gasteiger partial charge in [-0.3, -0.25) is 19.9 Å². The van der Waals surface area contributed by atoms with Crippen LogP contribution in [0.3, 0.4) is 0 Å². The minimum atomic E-state index is -4.50. The number of aryl methyl sites for hydroxylation is 2. The van der Waals surface area contributed by atoms with Gasteiger partial charge in [0.15, 0.2) is 12.2 Å². The molecule has 0 bridgehead atoms. The molecule has 0 saturated carbocycles. The monoisotopic (exact) mass is 616 g/mol. The zero-order valence-electron chi connectivity index (χ0n) is 23.1. The fourth-order valence-corrected chi connectivity index (χ4v) is 5.50. The van der Waals surface area contributed by atoms with Gasteiger partial charge in [0.05, 0.1) is 32.5 Å². The molecule has 2 amide bonds. The molecular weight excluding hydrogens is 593 g/mol. The number of fused-ring (bicyclic) bond motifs is 1. The summed E-state index contributed by atoms with van der Waals surface area (Å²) in [6, 6.07) is 16.6. The molecule has 0 aliphatic heterocycles. The van der Waals surface area contributed by atoms with Crippen LogP contribution in [0.4, 0.5) is 24.8 Å². The lowest BCUT2D eigenvalue weighted by molar-refractivity contribution is -0.137. The van der Waals surface area contributed by atoms with Crippen molar-refractivity contribution in [2.75, 3.05) is 17.3 Å². The molecule has 0 fully saturated rings. The number of rotatable bonds is 8. The van der Waals surface area contributed by atoms with Crippen molar-refractivity contribution in [3.05, 3.63) is 113 Å². The molecule has 0 unspecified atom stereocenters. The number of nitrogens with one attached hydrogen (secondary N) is 1. The first-order valence-corrected chi connectivity index (χ1v) is 14.1. The van der Waals surface area contributed by atoms with Crippen molar-refractivity contribution in [1.82, 2.24) is 19.5 Å². The summed E-state index contributed by atoms with van der Waals surface area (Å²) in [4.78, 5) is 41.7. The molecule has 0 saturated heterocycles. The van der Waals surface area contributed by atoms with Crippen LogP contribution in [0.1, 0.15) is 31.2 Å². The fourth-order valence-electron chi connectivity index (χ4n) is 4.64. The molecule has 1 N–H and O–H groups in total. The summed E-state index contributed by atoms with van der Waals surface area (Å²) in [5.74, 6) is 0.0361. The van der Waals surface area contributed by atoms with E-state index in [1.807, 2.05) is 16.7 Å². The first-order valence-electron chi connectivity index (χ1n) is 13.3. The van der Waals surface area contributed by atoms with Crippen LogP contribution in [0.15, 0.2) is 96.1 Å². The minimum Gasteiger partial charge on any atom is -0.443 e. The number of nitrogens with zero attached hydrogens (tertiary/aromatic N) is 5. The van der Waals surface area contributed by atoms with Crippen molar-refractivity contribution in [2.45, 2.75) is 19.1 Å². The van der Waals surface area contributed by atoms with E-state index in [2.05, 4.69) is 20.3 Å². The number of pyridine rings is 1. The number of hydrogen-bond acceptors (Lipinski definition) is 7. The third kappa shape index (κ3) is 5.95. The number of oxazole rings is 1. The van der Waals surface area contributed by atoms with Crippen molar-refractivity contribution in [2.24, 2.45) is 0 Å². The second-order valence-corrected chi connectivity index (χ2v) is 10.9. The maximum atomic E-state index is 13.3. The summed E-state index contributed by atoms with van der Waals surface area (Å²) in [6.07, 6.45) is 2.48. The molecular formula is C31H23F3N6O3S. The first-order chi connectivity index (χ1) is 21.2. The van der Waals surface area contributed by atoms with Gasteiger partial charge in [0, 0.05) is 37.2 Å². The number of amides is 2. The smallest absolute Gasteiger partial charge is 0.416 e. The molecule has 0 aliphatic rings. The lowest BCUT2D eigenvalue weighted by atomic mass is 10.1. The van der Waals surface area contributed by atoms with Crippen LogP contribution < -0.4 is 10.2 Å². The maximum absolute atomic E-state index is 13.3. The van der Waals surface area contributed by atoms with Crippen molar-refractivity contribution in [3.63, 3.8) is 0 Å². The van der Waals surface area contributed by atoms with E-state index in [1.54, 1.807) is 48.9 Å². The van der Waals surface area contributed by atoms with Crippen LogP contribution in [0.2, 0.25) is 0 Å². The van der Waals surface area contributed by atoms with E-state index in [0.29, 0.717) is 40.8 Å². The Hall–Kier alpha value is -5.30. The molecule has 4 aromatic heterocycles. The molecule has 44 heavy (non-hydrogen) atoms. The standard InChI is InChI=1S/C31H23F3N6O3S/c1-39(29(42)20-4-6-21(7-5-20)31(32,33)34)22-8-9-24-23(15-22)37-30(40(24)14-12-19-3-2-13-35-16-19)38-28(41)27-11-10-26(44-27)25-17-36-18-43-25/h2-11,13,15-18H,12,14H2,1H3,(H,37,38,41). The molecule has 4 heterocycles. The highest BCUT2D eigenvalue weighted by Crippen LogP contribution is 2.31. The summed E-state index contributed by atoms with van der Waals surface area (Å²) in [5.41, 5.74) is 1.99. The topological polar surface area (TPSA) is 106 Å². The van der Waals surface area contributed by atoms with E-state index >= 15 is 0 Å². The number of anilines is 2. The van der Waals surface area contributed by atoms with Crippen molar-refractivity contribution in [1.29, 1.82) is 0 Å². The van der Waals surface area contributed by atoms with Gasteiger partial charge in [-0.25, -0.2) is 9.97 Å². The zero-order chi connectivity index (χ0) is 30.8. The molecule has 0 atom stereocenters. The minimum absolute atomic E-state index is 0.108. The van der Waals surface area contributed by atoms with Gasteiger partial charge in [-0.2, -0.15) is 13.2 Å². The number of benzene rings is 2. The summed E-state index contributed by atoms with van der Waals surface area (Å²) >= 11 is 1.25. The number of hydrogen-bond donors (Lipinski definition) is 1. The Morgan fingerprint density at radius 3 is 2.55 bits per heavy atom. The Bertz CT molecular complexity index is 1930. The van der Waals surface area contributed by atoms with Gasteiger partial charge in [0.1, 0.15) is 0 Å². The van der Waals surface area contributed by atoms with Crippen LogP contribution in [0.25, 0.3) is 21.7 Å². The molecule has 0 spiro atoms. The highest BCUT2D eigenvalue weighted by atomic mass is 32.1. The summed E-state index contributed by atoms with van der Waals surface area (Å²) in [5, 5.41) is 2.91. The molecule has 9 nitrogen and oxygen atoms in total. The highest BCUT2D eigenvalue weighted by Gasteiger charge is 2.30. The number of aromatic nitrogens is 4. The Morgan fingerprint density at radius 2 is 1.84 bits per heavy atom. The molecule has 13 heteroatoms. The normalized spacial score (nSPS) is 11.5. The van der Waals surface area contributed by atoms with Gasteiger partial charge in [0.2, 0.25) is 5.95 Å². The van der Waals surface area contributed by atoms with Crippen LogP contribution in [-0.4, -0.2) is 38.4 Å². The number of imidazole rings is 1. The third-order valence-corrected chi connectivity index (χ3v) is 8.06. The lowest BCUT2D eigenvalue weighted by Crippen LogP contribution is -2.26. The molecule has 0 aliphatic carbocycles. The molecule has 2 aromatic carbocycles. The first kappa shape index (κ1) is 28.8. The van der Waals surface area contributed by atoms with Crippen LogP contribution >= 0.6 is 11.3 Å². The average Bonchev–Trinajstić information content (AvgIpc) is 3.79. The Labute approximate surface area is 252 Å². The van der Waals surface area contributed by atoms with E-state index < -0.39 is 17.6 Å². The SMILES string of the molecule is CN(C(=O)c1ccc(C(F)(F)F)cc1)c1ccc2c(c1)nc(NC(=O)c1ccc(-c3cnco3)s1)n2CCc1cccnc1. The molecule has 6 rings (SSSR count). The third-order valence-electron chi connectivity index (χ3n) is 6.96. The van der Waals surface area contributed by atoms with Crippen molar-refractivity contribution in [3.8, 4) is 10.6 Å². The average molecular weight is 617 g/mol. The van der Waals surface area contributed by atoms with Crippen molar-refractivity contribution < 1.29 is 27.2 Å². The van der Waals surface area contributed by atoms with E-state index in [0.717, 1.165) is 40.2 Å². The number of thiophene rings is 1. The second-order valence-electron chi connectivity index (χ2n) is 9.79. The van der Waals surface area contributed by atoms with Gasteiger partial charge in [0.25, 0.3) is 11.8 Å². The Balaban J connectivity index is 1.29. The summed E-state index contributed by atoms with van der Waals surface area (Å²) < 4.78 is 46.1. The number of carbonyl (C=O) groups is 2. The van der Waals surface area contributed by atoms with E-state index in [-0.39, 0.29) is 11.5 Å². The van der Waals surface area contributed by atoms with Gasteiger partial charge >= 0.3 is 6.18 Å². The van der Waals surface area contributed by atoms with Gasteiger partial charge < -0.3 is 13.9 Å². The quantitative estimate of drug-likeness (QED) is 0.199. The van der Waals surface area contributed by atoms with Crippen LogP contribution in [0.5, 0.6) is 0 Å². The fraction of sp³-hybridized carbons (Fsp3) is 0.129. The predicted molar refractivity (Wildman–Crippen MR) is 160 cm³/mol. The van der Waals surface area contributed by atoms with Gasteiger partial charge in [-0.1, -0.05) is 6.07 Å². The second kappa shape index (κ2) is 11.8. The van der Waals surface area contributed by atoms with Crippen LogP contribution in [-0.2, 0) is 19.1 Å². The zero-order valence-corrected chi connectivity index (χ0v) is 23.9. The van der Waals surface area contributed by atoms with Gasteiger partial charge in [-0.15, -0.1) is 11.3 Å². The predicted octanol–water partition coefficient (Wildman–Crippen LogP) is 6.94. The van der Waals surface area contributed by atoms with E-state index in [9.17, 15) is 22.8 Å². The lowest BCUT2D eigenvalue weighted by Gasteiger charge is -2.18. The number of carbonyl (C=O) groups excluding carboxylic acids is 2. The van der Waals surface area contributed by atoms with Gasteiger partial charge in [-0.05, 0) is 72.6 Å². The van der Waals surface area contributed by atoms with E-state index in [4.69, 9.17) is 4.42 Å². The van der Waals surface area contributed by atoms with E-state index in [1.165, 1.54) is 29.7 Å². The maximum Gasteiger partial charge on any atom is 0.416 e. The highest BCUT2D eigenvalue weighted by molar-refractivity contribution is 7.17.